The number of nitrogens with zero attached hydrogens (tertiary/aromatic N) is 3. The number of ether oxygens (including phenoxy) is 2. The van der Waals surface area contributed by atoms with Gasteiger partial charge in [0.1, 0.15) is 11.6 Å². The van der Waals surface area contributed by atoms with Crippen molar-refractivity contribution in [1.29, 1.82) is 0 Å². The molecule has 192 valence electrons. The number of halogens is 2. The Morgan fingerprint density at radius 1 is 1.03 bits per heavy atom. The normalized spacial score (nSPS) is 11.6. The summed E-state index contributed by atoms with van der Waals surface area (Å²) in [6, 6.07) is 16.7. The fraction of sp³-hybridized carbons (Fsp3) is 0.222. The van der Waals surface area contributed by atoms with Gasteiger partial charge in [-0.3, -0.25) is 0 Å². The first kappa shape index (κ1) is 25.6. The Hall–Kier alpha value is -4.47. The molecule has 10 heteroatoms. The Kier molecular flexibility index (Phi) is 7.97. The van der Waals surface area contributed by atoms with E-state index in [1.54, 1.807) is 25.3 Å². The van der Waals surface area contributed by atoms with Crippen molar-refractivity contribution >= 4 is 11.7 Å². The standard InChI is InChI=1S/C27H26F2N4O4/c1-17(18-7-5-4-6-8-18)33(27(34)30-22-11-10-20(28)16-21(22)29)14-13-25-31-26(32-37-25)19-9-12-23(35-2)24(15-19)36-3/h4-12,15-17H,13-14H2,1-3H3,(H,30,34)/t17-/m1/s1. The first-order valence-electron chi connectivity index (χ1n) is 11.5. The molecule has 0 fully saturated rings. The number of nitrogens with one attached hydrogen (secondary N) is 1. The number of benzene rings is 3. The SMILES string of the molecule is COc1ccc(-c2noc(CCN(C(=O)Nc3ccc(F)cc3F)[C@H](C)c3ccccc3)n2)cc1OC. The average Bonchev–Trinajstić information content (AvgIpc) is 3.39. The van der Waals surface area contributed by atoms with Crippen LogP contribution in [0.15, 0.2) is 71.3 Å². The molecular formula is C27H26F2N4O4. The van der Waals surface area contributed by atoms with E-state index in [4.69, 9.17) is 14.0 Å². The molecule has 1 N–H and O–H groups in total. The zero-order valence-corrected chi connectivity index (χ0v) is 20.6. The van der Waals surface area contributed by atoms with Crippen LogP contribution in [0, 0.1) is 11.6 Å². The molecule has 0 saturated heterocycles. The van der Waals surface area contributed by atoms with Gasteiger partial charge in [-0.1, -0.05) is 35.5 Å². The molecule has 0 unspecified atom stereocenters. The number of urea groups is 1. The van der Waals surface area contributed by atoms with Crippen molar-refractivity contribution in [3.63, 3.8) is 0 Å². The van der Waals surface area contributed by atoms with E-state index in [0.717, 1.165) is 11.6 Å². The Bertz CT molecular complexity index is 1360. The largest absolute Gasteiger partial charge is 0.493 e. The van der Waals surface area contributed by atoms with Crippen LogP contribution >= 0.6 is 0 Å². The summed E-state index contributed by atoms with van der Waals surface area (Å²) in [5, 5.41) is 6.58. The molecule has 0 radical (unpaired) electrons. The van der Waals surface area contributed by atoms with E-state index in [2.05, 4.69) is 15.5 Å². The second-order valence-corrected chi connectivity index (χ2v) is 8.17. The lowest BCUT2D eigenvalue weighted by atomic mass is 10.1. The summed E-state index contributed by atoms with van der Waals surface area (Å²) < 4.78 is 43.5. The monoisotopic (exact) mass is 508 g/mol. The highest BCUT2D eigenvalue weighted by molar-refractivity contribution is 5.89. The predicted molar refractivity (Wildman–Crippen MR) is 133 cm³/mol. The van der Waals surface area contributed by atoms with Crippen molar-refractivity contribution in [2.24, 2.45) is 0 Å². The highest BCUT2D eigenvalue weighted by Gasteiger charge is 2.24. The van der Waals surface area contributed by atoms with Gasteiger partial charge in [0.05, 0.1) is 25.9 Å². The first-order chi connectivity index (χ1) is 17.9. The summed E-state index contributed by atoms with van der Waals surface area (Å²) in [7, 11) is 3.08. The number of carbonyl (C=O) groups excluding carboxylic acids is 1. The Morgan fingerprint density at radius 3 is 2.49 bits per heavy atom. The van der Waals surface area contributed by atoms with Crippen molar-refractivity contribution < 1.29 is 27.6 Å². The maximum atomic E-state index is 14.2. The number of aromatic nitrogens is 2. The Labute approximate surface area is 212 Å². The van der Waals surface area contributed by atoms with Crippen LogP contribution in [0.25, 0.3) is 11.4 Å². The average molecular weight is 509 g/mol. The molecule has 8 nitrogen and oxygen atoms in total. The van der Waals surface area contributed by atoms with Gasteiger partial charge in [-0.15, -0.1) is 0 Å². The molecule has 4 aromatic rings. The van der Waals surface area contributed by atoms with E-state index in [1.807, 2.05) is 37.3 Å². The Morgan fingerprint density at radius 2 is 1.78 bits per heavy atom. The van der Waals surface area contributed by atoms with Crippen LogP contribution in [0.5, 0.6) is 11.5 Å². The van der Waals surface area contributed by atoms with E-state index in [-0.39, 0.29) is 24.7 Å². The lowest BCUT2D eigenvalue weighted by Gasteiger charge is -2.29. The second-order valence-electron chi connectivity index (χ2n) is 8.17. The van der Waals surface area contributed by atoms with Crippen LogP contribution in [0.1, 0.15) is 24.4 Å². The number of hydrogen-bond acceptors (Lipinski definition) is 6. The van der Waals surface area contributed by atoms with Gasteiger partial charge < -0.3 is 24.2 Å². The third-order valence-electron chi connectivity index (χ3n) is 5.86. The van der Waals surface area contributed by atoms with Gasteiger partial charge >= 0.3 is 6.03 Å². The van der Waals surface area contributed by atoms with Gasteiger partial charge in [0.2, 0.25) is 11.7 Å². The van der Waals surface area contributed by atoms with Gasteiger partial charge in [-0.25, -0.2) is 13.6 Å². The number of anilines is 1. The molecule has 2 amide bonds. The van der Waals surface area contributed by atoms with Gasteiger partial charge in [0, 0.05) is 24.6 Å². The zero-order chi connectivity index (χ0) is 26.4. The van der Waals surface area contributed by atoms with Crippen molar-refractivity contribution in [2.75, 3.05) is 26.1 Å². The summed E-state index contributed by atoms with van der Waals surface area (Å²) in [5.41, 5.74) is 1.44. The lowest BCUT2D eigenvalue weighted by molar-refractivity contribution is 0.191. The molecule has 1 atom stereocenters. The quantitative estimate of drug-likeness (QED) is 0.304. The molecule has 4 rings (SSSR count). The molecule has 37 heavy (non-hydrogen) atoms. The van der Waals surface area contributed by atoms with Crippen molar-refractivity contribution in [3.8, 4) is 22.9 Å². The van der Waals surface area contributed by atoms with Crippen LogP contribution in [-0.4, -0.2) is 41.8 Å². The second kappa shape index (κ2) is 11.5. The van der Waals surface area contributed by atoms with E-state index in [9.17, 15) is 13.6 Å². The number of carbonyl (C=O) groups is 1. The summed E-state index contributed by atoms with van der Waals surface area (Å²) >= 11 is 0. The van der Waals surface area contributed by atoms with Gasteiger partial charge in [-0.05, 0) is 42.8 Å². The van der Waals surface area contributed by atoms with Crippen molar-refractivity contribution in [2.45, 2.75) is 19.4 Å². The smallest absolute Gasteiger partial charge is 0.322 e. The molecule has 0 spiro atoms. The molecule has 1 aromatic heterocycles. The molecule has 1 heterocycles. The zero-order valence-electron chi connectivity index (χ0n) is 20.6. The maximum Gasteiger partial charge on any atom is 0.322 e. The lowest BCUT2D eigenvalue weighted by Crippen LogP contribution is -2.38. The van der Waals surface area contributed by atoms with E-state index >= 15 is 0 Å². The minimum atomic E-state index is -0.864. The summed E-state index contributed by atoms with van der Waals surface area (Å²) in [6.45, 7) is 2.05. The molecular weight excluding hydrogens is 482 g/mol. The molecule has 0 aliphatic heterocycles. The molecule has 3 aromatic carbocycles. The fourth-order valence-corrected chi connectivity index (χ4v) is 3.83. The van der Waals surface area contributed by atoms with Crippen molar-refractivity contribution in [1.82, 2.24) is 15.0 Å². The van der Waals surface area contributed by atoms with Crippen molar-refractivity contribution in [3.05, 3.63) is 89.8 Å². The summed E-state index contributed by atoms with van der Waals surface area (Å²) in [6.07, 6.45) is 0.247. The van der Waals surface area contributed by atoms with Gasteiger partial charge in [-0.2, -0.15) is 4.98 Å². The predicted octanol–water partition coefficient (Wildman–Crippen LogP) is 5.87. The number of amides is 2. The molecule has 0 saturated carbocycles. The molecule has 0 aliphatic carbocycles. The Balaban J connectivity index is 1.53. The minimum Gasteiger partial charge on any atom is -0.493 e. The van der Waals surface area contributed by atoms with Gasteiger partial charge in [0.25, 0.3) is 0 Å². The molecule has 0 aliphatic rings. The first-order valence-corrected chi connectivity index (χ1v) is 11.5. The number of hydrogen-bond donors (Lipinski definition) is 1. The van der Waals surface area contributed by atoms with Crippen LogP contribution in [-0.2, 0) is 6.42 Å². The topological polar surface area (TPSA) is 89.7 Å². The van der Waals surface area contributed by atoms with Crippen LogP contribution in [0.4, 0.5) is 19.3 Å². The fourth-order valence-electron chi connectivity index (χ4n) is 3.83. The van der Waals surface area contributed by atoms with Crippen LogP contribution in [0.3, 0.4) is 0 Å². The highest BCUT2D eigenvalue weighted by atomic mass is 19.1. The van der Waals surface area contributed by atoms with E-state index in [0.29, 0.717) is 34.8 Å². The van der Waals surface area contributed by atoms with Crippen LogP contribution < -0.4 is 14.8 Å². The minimum absolute atomic E-state index is 0.120. The highest BCUT2D eigenvalue weighted by Crippen LogP contribution is 2.31. The number of methoxy groups -OCH3 is 2. The van der Waals surface area contributed by atoms with Crippen LogP contribution in [0.2, 0.25) is 0 Å². The van der Waals surface area contributed by atoms with E-state index < -0.39 is 17.7 Å². The number of rotatable bonds is 9. The summed E-state index contributed by atoms with van der Waals surface area (Å²) in [5.74, 6) is 0.180. The third kappa shape index (κ3) is 6.03. The van der Waals surface area contributed by atoms with E-state index in [1.165, 1.54) is 18.1 Å². The summed E-state index contributed by atoms with van der Waals surface area (Å²) in [4.78, 5) is 19.2. The third-order valence-corrected chi connectivity index (χ3v) is 5.86. The maximum absolute atomic E-state index is 14.2. The van der Waals surface area contributed by atoms with Gasteiger partial charge in [0.15, 0.2) is 11.5 Å². The molecule has 0 bridgehead atoms.